The summed E-state index contributed by atoms with van der Waals surface area (Å²) < 4.78 is 37.6. The molecule has 0 heterocycles. The number of anilines is 1. The van der Waals surface area contributed by atoms with Crippen LogP contribution in [0.1, 0.15) is 18.5 Å². The third-order valence-corrected chi connectivity index (χ3v) is 3.37. The quantitative estimate of drug-likeness (QED) is 0.907. The van der Waals surface area contributed by atoms with E-state index in [1.165, 1.54) is 11.9 Å². The average Bonchev–Trinajstić information content (AvgIpc) is 2.25. The molecule has 6 heteroatoms. The highest BCUT2D eigenvalue weighted by Crippen LogP contribution is 2.30. The lowest BCUT2D eigenvalue weighted by Crippen LogP contribution is -2.31. The van der Waals surface area contributed by atoms with Crippen molar-refractivity contribution in [2.45, 2.75) is 19.1 Å². The predicted octanol–water partition coefficient (Wildman–Crippen LogP) is 3.73. The van der Waals surface area contributed by atoms with Gasteiger partial charge >= 0.3 is 6.18 Å². The lowest BCUT2D eigenvalue weighted by molar-refractivity contribution is -0.119. The Balaban J connectivity index is 2.92. The zero-order valence-corrected chi connectivity index (χ0v) is 12.1. The molecule has 1 rings (SSSR count). The Morgan fingerprint density at radius 1 is 1.39 bits per heavy atom. The van der Waals surface area contributed by atoms with E-state index in [0.717, 1.165) is 5.56 Å². The second kappa shape index (κ2) is 5.93. The van der Waals surface area contributed by atoms with E-state index in [9.17, 15) is 13.2 Å². The summed E-state index contributed by atoms with van der Waals surface area (Å²) in [7, 11) is 3.26. The molecule has 0 aliphatic heterocycles. The van der Waals surface area contributed by atoms with Gasteiger partial charge in [-0.25, -0.2) is 0 Å². The molecular formula is C12H16BrF3N2. The minimum absolute atomic E-state index is 0.156. The molecule has 1 atom stereocenters. The van der Waals surface area contributed by atoms with Crippen molar-refractivity contribution >= 4 is 21.6 Å². The smallest absolute Gasteiger partial charge is 0.365 e. The van der Waals surface area contributed by atoms with E-state index in [-0.39, 0.29) is 6.04 Å². The summed E-state index contributed by atoms with van der Waals surface area (Å²) in [6.45, 7) is 1.02. The highest BCUT2D eigenvalue weighted by atomic mass is 79.9. The van der Waals surface area contributed by atoms with Crippen LogP contribution in [-0.2, 0) is 0 Å². The maximum atomic E-state index is 12.3. The molecule has 0 radical (unpaired) electrons. The summed E-state index contributed by atoms with van der Waals surface area (Å²) in [5.41, 5.74) is 1.55. The summed E-state index contributed by atoms with van der Waals surface area (Å²) >= 11 is 3.32. The molecular weight excluding hydrogens is 309 g/mol. The van der Waals surface area contributed by atoms with Crippen LogP contribution in [0.4, 0.5) is 18.9 Å². The fraction of sp³-hybridized carbons (Fsp3) is 0.500. The van der Waals surface area contributed by atoms with E-state index in [1.807, 2.05) is 26.1 Å². The van der Waals surface area contributed by atoms with Gasteiger partial charge < -0.3 is 10.2 Å². The number of alkyl halides is 3. The number of halogens is 4. The van der Waals surface area contributed by atoms with Crippen LogP contribution < -0.4 is 10.2 Å². The molecule has 0 aliphatic rings. The maximum Gasteiger partial charge on any atom is 0.405 e. The number of rotatable bonds is 4. The van der Waals surface area contributed by atoms with Crippen LogP contribution >= 0.6 is 15.9 Å². The molecule has 0 saturated heterocycles. The standard InChI is InChI=1S/C12H16BrF3N2/c1-8(17-2)9-4-5-11(10(13)6-9)18(3)7-12(14,15)16/h4-6,8,17H,7H2,1-3H3. The first-order valence-corrected chi connectivity index (χ1v) is 6.28. The van der Waals surface area contributed by atoms with E-state index < -0.39 is 12.7 Å². The number of nitrogens with one attached hydrogen (secondary N) is 1. The van der Waals surface area contributed by atoms with E-state index in [2.05, 4.69) is 21.2 Å². The topological polar surface area (TPSA) is 15.3 Å². The van der Waals surface area contributed by atoms with Crippen molar-refractivity contribution in [2.24, 2.45) is 0 Å². The molecule has 102 valence electrons. The predicted molar refractivity (Wildman–Crippen MR) is 70.9 cm³/mol. The van der Waals surface area contributed by atoms with Crippen LogP contribution in [-0.4, -0.2) is 26.8 Å². The fourth-order valence-electron chi connectivity index (χ4n) is 1.62. The van der Waals surface area contributed by atoms with Gasteiger partial charge in [0.25, 0.3) is 0 Å². The molecule has 1 unspecified atom stereocenters. The first-order valence-electron chi connectivity index (χ1n) is 5.49. The maximum absolute atomic E-state index is 12.3. The Bertz CT molecular complexity index is 407. The monoisotopic (exact) mass is 324 g/mol. The molecule has 2 nitrogen and oxygen atoms in total. The lowest BCUT2D eigenvalue weighted by Gasteiger charge is -2.23. The van der Waals surface area contributed by atoms with Gasteiger partial charge in [0.15, 0.2) is 0 Å². The van der Waals surface area contributed by atoms with Crippen LogP contribution in [0.25, 0.3) is 0 Å². The summed E-state index contributed by atoms with van der Waals surface area (Å²) in [6.07, 6.45) is -4.20. The van der Waals surface area contributed by atoms with Crippen molar-refractivity contribution in [3.8, 4) is 0 Å². The molecule has 0 spiro atoms. The Kier molecular flexibility index (Phi) is 5.04. The summed E-state index contributed by atoms with van der Waals surface area (Å²) in [6, 6.07) is 5.51. The Morgan fingerprint density at radius 3 is 2.44 bits per heavy atom. The van der Waals surface area contributed by atoms with Crippen molar-refractivity contribution in [3.05, 3.63) is 28.2 Å². The molecule has 1 aromatic rings. The van der Waals surface area contributed by atoms with Crippen LogP contribution in [0.15, 0.2) is 22.7 Å². The van der Waals surface area contributed by atoms with Gasteiger partial charge in [0, 0.05) is 17.6 Å². The Labute approximate surface area is 113 Å². The fourth-order valence-corrected chi connectivity index (χ4v) is 2.32. The van der Waals surface area contributed by atoms with Crippen LogP contribution in [0.2, 0.25) is 0 Å². The van der Waals surface area contributed by atoms with Gasteiger partial charge in [-0.2, -0.15) is 13.2 Å². The van der Waals surface area contributed by atoms with Crippen LogP contribution in [0.5, 0.6) is 0 Å². The number of hydrogen-bond acceptors (Lipinski definition) is 2. The molecule has 18 heavy (non-hydrogen) atoms. The van der Waals surface area contributed by atoms with Gasteiger partial charge in [-0.15, -0.1) is 0 Å². The third-order valence-electron chi connectivity index (χ3n) is 2.73. The highest BCUT2D eigenvalue weighted by Gasteiger charge is 2.29. The molecule has 0 saturated carbocycles. The van der Waals surface area contributed by atoms with Crippen molar-refractivity contribution in [1.82, 2.24) is 5.32 Å². The van der Waals surface area contributed by atoms with E-state index in [4.69, 9.17) is 0 Å². The second-order valence-corrected chi connectivity index (χ2v) is 5.05. The summed E-state index contributed by atoms with van der Waals surface area (Å²) in [5, 5.41) is 3.08. The highest BCUT2D eigenvalue weighted by molar-refractivity contribution is 9.10. The largest absolute Gasteiger partial charge is 0.405 e. The average molecular weight is 325 g/mol. The van der Waals surface area contributed by atoms with Gasteiger partial charge in [-0.1, -0.05) is 6.07 Å². The summed E-state index contributed by atoms with van der Waals surface area (Å²) in [5.74, 6) is 0. The third kappa shape index (κ3) is 4.17. The SMILES string of the molecule is CNC(C)c1ccc(N(C)CC(F)(F)F)c(Br)c1. The molecule has 0 aliphatic carbocycles. The lowest BCUT2D eigenvalue weighted by atomic mass is 10.1. The number of nitrogens with zero attached hydrogens (tertiary/aromatic N) is 1. The van der Waals surface area contributed by atoms with Crippen LogP contribution in [0.3, 0.4) is 0 Å². The van der Waals surface area contributed by atoms with Gasteiger partial charge in [-0.05, 0) is 47.6 Å². The van der Waals surface area contributed by atoms with Crippen molar-refractivity contribution < 1.29 is 13.2 Å². The minimum Gasteiger partial charge on any atom is -0.365 e. The van der Waals surface area contributed by atoms with E-state index in [1.54, 1.807) is 6.07 Å². The second-order valence-electron chi connectivity index (χ2n) is 4.19. The first-order chi connectivity index (χ1) is 8.24. The summed E-state index contributed by atoms with van der Waals surface area (Å²) in [4.78, 5) is 1.18. The normalized spacial score (nSPS) is 13.5. The number of benzene rings is 1. The van der Waals surface area contributed by atoms with Gasteiger partial charge in [0.05, 0.1) is 5.69 Å². The van der Waals surface area contributed by atoms with Gasteiger partial charge in [-0.3, -0.25) is 0 Å². The molecule has 0 bridgehead atoms. The Morgan fingerprint density at radius 2 is 2.00 bits per heavy atom. The van der Waals surface area contributed by atoms with E-state index >= 15 is 0 Å². The number of hydrogen-bond donors (Lipinski definition) is 1. The van der Waals surface area contributed by atoms with Gasteiger partial charge in [0.2, 0.25) is 0 Å². The molecule has 1 aromatic carbocycles. The molecule has 0 fully saturated rings. The first kappa shape index (κ1) is 15.3. The van der Waals surface area contributed by atoms with Crippen molar-refractivity contribution in [2.75, 3.05) is 25.5 Å². The molecule has 0 amide bonds. The van der Waals surface area contributed by atoms with Crippen molar-refractivity contribution in [1.29, 1.82) is 0 Å². The van der Waals surface area contributed by atoms with Gasteiger partial charge in [0.1, 0.15) is 6.54 Å². The van der Waals surface area contributed by atoms with E-state index in [0.29, 0.717) is 10.2 Å². The van der Waals surface area contributed by atoms with Crippen LogP contribution in [0, 0.1) is 0 Å². The Hall–Kier alpha value is -0.750. The zero-order valence-electron chi connectivity index (χ0n) is 10.5. The molecule has 0 aromatic heterocycles. The van der Waals surface area contributed by atoms with Crippen molar-refractivity contribution in [3.63, 3.8) is 0 Å². The minimum atomic E-state index is -4.20. The molecule has 1 N–H and O–H groups in total. The zero-order chi connectivity index (χ0) is 13.9.